The summed E-state index contributed by atoms with van der Waals surface area (Å²) in [5.74, 6) is -0.648. The first-order valence-corrected chi connectivity index (χ1v) is 8.71. The van der Waals surface area contributed by atoms with Gasteiger partial charge in [0.05, 0.1) is 6.10 Å². The Labute approximate surface area is 156 Å². The van der Waals surface area contributed by atoms with Gasteiger partial charge < -0.3 is 14.8 Å². The predicted molar refractivity (Wildman–Crippen MR) is 96.1 cm³/mol. The van der Waals surface area contributed by atoms with Crippen LogP contribution >= 0.6 is 0 Å². The second-order valence-corrected chi connectivity index (χ2v) is 6.09. The minimum Gasteiger partial charge on any atom is -0.451 e. The van der Waals surface area contributed by atoms with Crippen LogP contribution in [0, 0.1) is 6.92 Å². The van der Waals surface area contributed by atoms with Gasteiger partial charge in [-0.25, -0.2) is 4.79 Å². The van der Waals surface area contributed by atoms with Crippen molar-refractivity contribution in [1.82, 2.24) is 25.5 Å². The highest BCUT2D eigenvalue weighted by atomic mass is 16.5. The number of esters is 1. The molecule has 1 amide bonds. The summed E-state index contributed by atoms with van der Waals surface area (Å²) < 4.78 is 11.9. The first kappa shape index (κ1) is 18.7. The summed E-state index contributed by atoms with van der Waals surface area (Å²) in [6.45, 7) is 2.41. The zero-order valence-corrected chi connectivity index (χ0v) is 15.0. The monoisotopic (exact) mass is 371 g/mol. The van der Waals surface area contributed by atoms with Crippen molar-refractivity contribution in [2.75, 3.05) is 19.8 Å². The third-order valence-corrected chi connectivity index (χ3v) is 4.05. The molecule has 0 spiro atoms. The van der Waals surface area contributed by atoms with Gasteiger partial charge in [-0.05, 0) is 41.8 Å². The summed E-state index contributed by atoms with van der Waals surface area (Å²) in [6, 6.07) is 9.23. The van der Waals surface area contributed by atoms with Crippen LogP contribution in [-0.4, -0.2) is 57.9 Å². The number of aryl methyl sites for hydroxylation is 1. The molecule has 0 unspecified atom stereocenters. The van der Waals surface area contributed by atoms with Crippen molar-refractivity contribution in [1.29, 1.82) is 0 Å². The number of hydrogen-bond acceptors (Lipinski definition) is 7. The fourth-order valence-corrected chi connectivity index (χ4v) is 2.66. The Hall–Kier alpha value is -3.07. The van der Waals surface area contributed by atoms with Gasteiger partial charge in [-0.2, -0.15) is 4.68 Å². The number of hydrogen-bond donors (Lipinski definition) is 1. The van der Waals surface area contributed by atoms with Crippen LogP contribution in [0.5, 0.6) is 0 Å². The molecule has 1 aliphatic rings. The van der Waals surface area contributed by atoms with Gasteiger partial charge in [0.2, 0.25) is 0 Å². The first-order valence-electron chi connectivity index (χ1n) is 8.71. The number of rotatable bonds is 7. The molecule has 1 N–H and O–H groups in total. The van der Waals surface area contributed by atoms with Gasteiger partial charge >= 0.3 is 5.97 Å². The SMILES string of the molecule is Cc1nnnn1/C(=C\c1ccccc1)C(=O)OCC(=O)NC[C@@H]1CCCO1. The van der Waals surface area contributed by atoms with E-state index in [0.29, 0.717) is 19.0 Å². The molecule has 2 aromatic rings. The maximum absolute atomic E-state index is 12.6. The summed E-state index contributed by atoms with van der Waals surface area (Å²) in [6.07, 6.45) is 3.55. The minimum absolute atomic E-state index is 0.0297. The predicted octanol–water partition coefficient (Wildman–Crippen LogP) is 0.818. The van der Waals surface area contributed by atoms with Gasteiger partial charge in [-0.3, -0.25) is 4.79 Å². The summed E-state index contributed by atoms with van der Waals surface area (Å²) in [5, 5.41) is 13.9. The largest absolute Gasteiger partial charge is 0.451 e. The molecule has 0 aliphatic carbocycles. The number of tetrazole rings is 1. The highest BCUT2D eigenvalue weighted by Gasteiger charge is 2.20. The second kappa shape index (κ2) is 9.04. The Balaban J connectivity index is 1.64. The fraction of sp³-hybridized carbons (Fsp3) is 0.389. The van der Waals surface area contributed by atoms with Gasteiger partial charge in [0.1, 0.15) is 0 Å². The number of carbonyl (C=O) groups is 2. The molecule has 2 heterocycles. The molecule has 9 nitrogen and oxygen atoms in total. The molecule has 0 radical (unpaired) electrons. The van der Waals surface area contributed by atoms with Crippen molar-refractivity contribution < 1.29 is 19.1 Å². The number of carbonyl (C=O) groups excluding carboxylic acids is 2. The number of aromatic nitrogens is 4. The molecule has 1 aliphatic heterocycles. The molecule has 1 saturated heterocycles. The standard InChI is InChI=1S/C18H21N5O4/c1-13-20-21-22-23(13)16(10-14-6-3-2-4-7-14)18(25)27-12-17(24)19-11-15-8-5-9-26-15/h2-4,6-7,10,15H,5,8-9,11-12H2,1H3,(H,19,24)/b16-10-/t15-/m0/s1. The van der Waals surface area contributed by atoms with Crippen LogP contribution < -0.4 is 5.32 Å². The van der Waals surface area contributed by atoms with Crippen LogP contribution in [0.1, 0.15) is 24.2 Å². The molecule has 142 valence electrons. The van der Waals surface area contributed by atoms with Crippen LogP contribution in [0.25, 0.3) is 11.8 Å². The van der Waals surface area contributed by atoms with Crippen molar-refractivity contribution in [2.24, 2.45) is 0 Å². The Morgan fingerprint density at radius 2 is 2.19 bits per heavy atom. The maximum atomic E-state index is 12.6. The lowest BCUT2D eigenvalue weighted by Crippen LogP contribution is -2.35. The quantitative estimate of drug-likeness (QED) is 0.567. The van der Waals surface area contributed by atoms with Crippen LogP contribution in [0.15, 0.2) is 30.3 Å². The molecule has 9 heteroatoms. The van der Waals surface area contributed by atoms with Gasteiger partial charge in [-0.1, -0.05) is 30.3 Å². The molecular formula is C18H21N5O4. The molecule has 1 aromatic heterocycles. The Morgan fingerprint density at radius 3 is 2.85 bits per heavy atom. The molecule has 0 bridgehead atoms. The van der Waals surface area contributed by atoms with E-state index >= 15 is 0 Å². The summed E-state index contributed by atoms with van der Waals surface area (Å²) in [4.78, 5) is 24.5. The normalized spacial score (nSPS) is 16.9. The van der Waals surface area contributed by atoms with E-state index in [1.807, 2.05) is 30.3 Å². The van der Waals surface area contributed by atoms with E-state index in [-0.39, 0.29) is 17.7 Å². The van der Waals surface area contributed by atoms with Crippen molar-refractivity contribution >= 4 is 23.6 Å². The molecular weight excluding hydrogens is 350 g/mol. The van der Waals surface area contributed by atoms with E-state index in [0.717, 1.165) is 18.4 Å². The van der Waals surface area contributed by atoms with E-state index in [9.17, 15) is 9.59 Å². The molecule has 0 saturated carbocycles. The second-order valence-electron chi connectivity index (χ2n) is 6.09. The number of amides is 1. The fourth-order valence-electron chi connectivity index (χ4n) is 2.66. The molecule has 1 aromatic carbocycles. The lowest BCUT2D eigenvalue weighted by molar-refractivity contribution is -0.143. The highest BCUT2D eigenvalue weighted by Crippen LogP contribution is 2.14. The van der Waals surface area contributed by atoms with Crippen LogP contribution in [0.4, 0.5) is 0 Å². The van der Waals surface area contributed by atoms with Gasteiger partial charge in [0, 0.05) is 13.2 Å². The molecule has 1 fully saturated rings. The van der Waals surface area contributed by atoms with Crippen LogP contribution in [0.3, 0.4) is 0 Å². The third kappa shape index (κ3) is 5.20. The average Bonchev–Trinajstić information content (AvgIpc) is 3.35. The van der Waals surface area contributed by atoms with E-state index in [4.69, 9.17) is 9.47 Å². The van der Waals surface area contributed by atoms with Crippen molar-refractivity contribution in [2.45, 2.75) is 25.9 Å². The number of ether oxygens (including phenoxy) is 2. The van der Waals surface area contributed by atoms with Crippen LogP contribution in [-0.2, 0) is 19.1 Å². The Bertz CT molecular complexity index is 812. The Morgan fingerprint density at radius 1 is 1.37 bits per heavy atom. The van der Waals surface area contributed by atoms with Crippen molar-refractivity contribution in [3.05, 3.63) is 41.7 Å². The van der Waals surface area contributed by atoms with Gasteiger partial charge in [0.15, 0.2) is 18.1 Å². The zero-order chi connectivity index (χ0) is 19.1. The summed E-state index contributed by atoms with van der Waals surface area (Å²) >= 11 is 0. The van der Waals surface area contributed by atoms with Gasteiger partial charge in [0.25, 0.3) is 5.91 Å². The third-order valence-electron chi connectivity index (χ3n) is 4.05. The molecule has 27 heavy (non-hydrogen) atoms. The van der Waals surface area contributed by atoms with E-state index < -0.39 is 12.6 Å². The summed E-state index contributed by atoms with van der Waals surface area (Å²) in [5.41, 5.74) is 0.901. The highest BCUT2D eigenvalue weighted by molar-refractivity contribution is 6.15. The smallest absolute Gasteiger partial charge is 0.357 e. The average molecular weight is 371 g/mol. The number of nitrogens with one attached hydrogen (secondary N) is 1. The molecule has 3 rings (SSSR count). The van der Waals surface area contributed by atoms with Crippen molar-refractivity contribution in [3.63, 3.8) is 0 Å². The maximum Gasteiger partial charge on any atom is 0.357 e. The van der Waals surface area contributed by atoms with E-state index in [2.05, 4.69) is 20.8 Å². The zero-order valence-electron chi connectivity index (χ0n) is 15.0. The van der Waals surface area contributed by atoms with E-state index in [1.54, 1.807) is 13.0 Å². The molecule has 1 atom stereocenters. The van der Waals surface area contributed by atoms with Gasteiger partial charge in [-0.15, -0.1) is 5.10 Å². The van der Waals surface area contributed by atoms with E-state index in [1.165, 1.54) is 4.68 Å². The minimum atomic E-state index is -0.693. The first-order chi connectivity index (χ1) is 13.1. The number of nitrogens with zero attached hydrogens (tertiary/aromatic N) is 4. The lowest BCUT2D eigenvalue weighted by atomic mass is 10.2. The number of benzene rings is 1. The lowest BCUT2D eigenvalue weighted by Gasteiger charge is -2.12. The Kier molecular flexibility index (Phi) is 6.26. The van der Waals surface area contributed by atoms with Crippen molar-refractivity contribution in [3.8, 4) is 0 Å². The van der Waals surface area contributed by atoms with Crippen LogP contribution in [0.2, 0.25) is 0 Å². The summed E-state index contributed by atoms with van der Waals surface area (Å²) in [7, 11) is 0. The topological polar surface area (TPSA) is 108 Å².